The van der Waals surface area contributed by atoms with Gasteiger partial charge in [-0.2, -0.15) is 0 Å². The number of carbonyl (C=O) groups excluding carboxylic acids is 3. The number of hydrogen-bond donors (Lipinski definition) is 0. The van der Waals surface area contributed by atoms with Gasteiger partial charge in [-0.1, -0.05) is 0 Å². The topological polar surface area (TPSA) is 101 Å². The van der Waals surface area contributed by atoms with Gasteiger partial charge < -0.3 is 0 Å². The van der Waals surface area contributed by atoms with E-state index in [0.717, 1.165) is 16.2 Å². The number of benzene rings is 1. The normalized spacial score (nSPS) is 11.6. The second-order valence-electron chi connectivity index (χ2n) is 7.08. The van der Waals surface area contributed by atoms with E-state index in [2.05, 4.69) is 4.93 Å². The molecule has 1 atom stereocenters. The van der Waals surface area contributed by atoms with E-state index >= 15 is 0 Å². The Balaban J connectivity index is 0.00000900. The summed E-state index contributed by atoms with van der Waals surface area (Å²) in [5.74, 6) is 0.265. The number of carbonyl (C=O) groups is 3. The van der Waals surface area contributed by atoms with Crippen LogP contribution in [0.1, 0.15) is 26.3 Å². The first kappa shape index (κ1) is 29.9. The van der Waals surface area contributed by atoms with E-state index in [1.54, 1.807) is 26.8 Å². The molecular weight excluding hydrogens is 598 g/mol. The summed E-state index contributed by atoms with van der Waals surface area (Å²) in [5, 5.41) is 0. The number of rotatable bonds is 7. The zero-order chi connectivity index (χ0) is 23.1. The standard InChI is InChI=1S/C20H30INO8.Y/c1-20(2,3)30-19(25)22(18(24)29-8)14(17(23)28-7)9-12-10-15(26-5)16(27-6)11-13(12)21-4;/h10-11,14,21H,9H2,1-8H3;. The molecule has 0 saturated heterocycles. The summed E-state index contributed by atoms with van der Waals surface area (Å²) in [5.41, 5.74) is -0.139. The Morgan fingerprint density at radius 1 is 0.968 bits per heavy atom. The third kappa shape index (κ3) is 8.38. The zero-order valence-electron chi connectivity index (χ0n) is 19.1. The van der Waals surface area contributed by atoms with Crippen LogP contribution in [0.4, 0.5) is 9.59 Å². The number of ether oxygens (including phenoxy) is 5. The van der Waals surface area contributed by atoms with Crippen LogP contribution >= 0.6 is 21.2 Å². The van der Waals surface area contributed by atoms with Crippen molar-refractivity contribution in [3.8, 4) is 11.5 Å². The molecule has 1 aromatic rings. The molecule has 31 heavy (non-hydrogen) atoms. The van der Waals surface area contributed by atoms with Crippen LogP contribution in [0.2, 0.25) is 0 Å². The molecule has 0 bridgehead atoms. The van der Waals surface area contributed by atoms with Crippen LogP contribution in [0.3, 0.4) is 0 Å². The first-order valence-corrected chi connectivity index (χ1v) is 12.5. The first-order chi connectivity index (χ1) is 14.0. The molecule has 0 aliphatic rings. The number of hydrogen-bond acceptors (Lipinski definition) is 8. The molecule has 0 saturated carbocycles. The van der Waals surface area contributed by atoms with Crippen LogP contribution in [0.25, 0.3) is 0 Å². The first-order valence-electron chi connectivity index (χ1n) is 8.99. The molecule has 173 valence electrons. The SMILES string of the molecule is COC(=O)C(Cc1cc(OC)c(OC)cc1[IH]C)N(C(=O)OC)C(=O)OC(C)(C)C.[Y]. The minimum atomic E-state index is -1.28. The molecule has 11 heteroatoms. The number of alkyl halides is 1. The number of methoxy groups -OCH3 is 4. The van der Waals surface area contributed by atoms with Crippen molar-refractivity contribution < 1.29 is 70.8 Å². The summed E-state index contributed by atoms with van der Waals surface area (Å²) in [6, 6.07) is 2.30. The van der Waals surface area contributed by atoms with E-state index < -0.39 is 51.0 Å². The monoisotopic (exact) mass is 628 g/mol. The third-order valence-corrected chi connectivity index (χ3v) is 6.29. The van der Waals surface area contributed by atoms with Gasteiger partial charge in [0, 0.05) is 32.7 Å². The molecule has 1 rings (SSSR count). The largest absolute Gasteiger partial charge is 0 e. The molecule has 1 unspecified atom stereocenters. The fraction of sp³-hybridized carbons (Fsp3) is 0.550. The van der Waals surface area contributed by atoms with Crippen molar-refractivity contribution in [2.75, 3.05) is 33.4 Å². The average Bonchev–Trinajstić information content (AvgIpc) is 2.70. The maximum absolute atomic E-state index is 12.7. The molecule has 0 aromatic heterocycles. The fourth-order valence-electron chi connectivity index (χ4n) is 2.61. The molecule has 0 fully saturated rings. The molecule has 1 aromatic carbocycles. The Labute approximate surface area is 218 Å². The van der Waals surface area contributed by atoms with Gasteiger partial charge in [0.25, 0.3) is 0 Å². The van der Waals surface area contributed by atoms with Gasteiger partial charge in [-0.25, -0.2) is 0 Å². The van der Waals surface area contributed by atoms with E-state index in [-0.39, 0.29) is 39.1 Å². The van der Waals surface area contributed by atoms with Crippen LogP contribution in [0.15, 0.2) is 12.1 Å². The van der Waals surface area contributed by atoms with Crippen LogP contribution < -0.4 is 9.47 Å². The van der Waals surface area contributed by atoms with Crippen molar-refractivity contribution in [3.63, 3.8) is 0 Å². The van der Waals surface area contributed by atoms with Crippen molar-refractivity contribution in [1.82, 2.24) is 4.90 Å². The molecule has 0 N–H and O–H groups in total. The minimum Gasteiger partial charge on any atom is 0 e. The van der Waals surface area contributed by atoms with Crippen molar-refractivity contribution in [2.45, 2.75) is 38.8 Å². The van der Waals surface area contributed by atoms with Gasteiger partial charge >= 0.3 is 187 Å². The third-order valence-electron chi connectivity index (χ3n) is 3.95. The van der Waals surface area contributed by atoms with Gasteiger partial charge in [-0.3, -0.25) is 0 Å². The van der Waals surface area contributed by atoms with Crippen LogP contribution in [-0.2, 0) is 58.1 Å². The van der Waals surface area contributed by atoms with Gasteiger partial charge in [0.1, 0.15) is 0 Å². The summed E-state index contributed by atoms with van der Waals surface area (Å²) in [4.78, 5) is 40.5. The number of esters is 1. The summed E-state index contributed by atoms with van der Waals surface area (Å²) in [7, 11) is 5.34. The van der Waals surface area contributed by atoms with Crippen LogP contribution in [-0.4, -0.2) is 68.1 Å². The van der Waals surface area contributed by atoms with Gasteiger partial charge in [0.05, 0.1) is 0 Å². The zero-order valence-corrected chi connectivity index (χ0v) is 24.3. The Morgan fingerprint density at radius 3 is 1.94 bits per heavy atom. The van der Waals surface area contributed by atoms with Gasteiger partial charge in [0.15, 0.2) is 0 Å². The summed E-state index contributed by atoms with van der Waals surface area (Å²) in [6.07, 6.45) is -2.01. The predicted octanol–water partition coefficient (Wildman–Crippen LogP) is 3.29. The number of nitrogens with zero attached hydrogens (tertiary/aromatic N) is 1. The van der Waals surface area contributed by atoms with E-state index in [0.29, 0.717) is 16.4 Å². The van der Waals surface area contributed by atoms with Gasteiger partial charge in [-0.05, 0) is 0 Å². The molecule has 0 spiro atoms. The van der Waals surface area contributed by atoms with Crippen molar-refractivity contribution in [3.05, 3.63) is 21.3 Å². The minimum absolute atomic E-state index is 0. The van der Waals surface area contributed by atoms with Crippen LogP contribution in [0, 0.1) is 3.57 Å². The Hall–Kier alpha value is -1.14. The Bertz CT molecular complexity index is 781. The second-order valence-corrected chi connectivity index (χ2v) is 9.50. The fourth-order valence-corrected chi connectivity index (χ4v) is 4.41. The van der Waals surface area contributed by atoms with Gasteiger partial charge in [0.2, 0.25) is 0 Å². The Kier molecular flexibility index (Phi) is 12.9. The van der Waals surface area contributed by atoms with E-state index in [4.69, 9.17) is 23.7 Å². The second kappa shape index (κ2) is 13.4. The molecule has 1 radical (unpaired) electrons. The van der Waals surface area contributed by atoms with Gasteiger partial charge in [-0.15, -0.1) is 0 Å². The molecule has 2 amide bonds. The number of amides is 2. The summed E-state index contributed by atoms with van der Waals surface area (Å²) in [6.45, 7) is 4.97. The molecule has 0 aliphatic heterocycles. The molecule has 0 aliphatic carbocycles. The summed E-state index contributed by atoms with van der Waals surface area (Å²) < 4.78 is 26.6. The van der Waals surface area contributed by atoms with Crippen molar-refractivity contribution >= 4 is 39.4 Å². The maximum Gasteiger partial charge on any atom is 0 e. The summed E-state index contributed by atoms with van der Waals surface area (Å²) >= 11 is -0.616. The van der Waals surface area contributed by atoms with Crippen molar-refractivity contribution in [2.24, 2.45) is 0 Å². The Morgan fingerprint density at radius 2 is 1.52 bits per heavy atom. The smallest absolute Gasteiger partial charge is 0 e. The van der Waals surface area contributed by atoms with E-state index in [1.165, 1.54) is 21.3 Å². The molecular formula is C20H30INO8Y. The number of halogens is 1. The quantitative estimate of drug-likeness (QED) is 0.197. The van der Waals surface area contributed by atoms with Crippen molar-refractivity contribution in [1.29, 1.82) is 0 Å². The van der Waals surface area contributed by atoms with E-state index in [1.807, 2.05) is 6.07 Å². The average molecular weight is 628 g/mol. The maximum atomic E-state index is 12.7. The predicted molar refractivity (Wildman–Crippen MR) is 120 cm³/mol. The molecule has 0 heterocycles. The number of imide groups is 1. The van der Waals surface area contributed by atoms with Crippen LogP contribution in [0.5, 0.6) is 11.5 Å². The molecule has 9 nitrogen and oxygen atoms in total. The van der Waals surface area contributed by atoms with E-state index in [9.17, 15) is 14.4 Å².